The molecular weight excluding hydrogens is 434 g/mol. The summed E-state index contributed by atoms with van der Waals surface area (Å²) in [5, 5.41) is 11.1. The summed E-state index contributed by atoms with van der Waals surface area (Å²) in [6.07, 6.45) is 13.4. The van der Waals surface area contributed by atoms with Crippen LogP contribution in [0, 0.1) is 35.5 Å². The molecule has 190 valence electrons. The highest BCUT2D eigenvalue weighted by molar-refractivity contribution is 5.49. The minimum absolute atomic E-state index is 0.0417. The van der Waals surface area contributed by atoms with Crippen LogP contribution in [0.5, 0.6) is 0 Å². The molecule has 0 radical (unpaired) electrons. The number of fused-ring (bicyclic) bond motifs is 4. The Morgan fingerprint density at radius 1 is 1.03 bits per heavy atom. The number of nitrogens with zero attached hydrogens (tertiary/aromatic N) is 1. The molecule has 6 unspecified atom stereocenters. The first-order valence-corrected chi connectivity index (χ1v) is 13.7. The first-order chi connectivity index (χ1) is 16.8. The summed E-state index contributed by atoms with van der Waals surface area (Å²) in [5.41, 5.74) is 6.22. The molecule has 35 heavy (non-hydrogen) atoms. The molecular formula is C31H43NO3. The number of aliphatic hydroxyl groups excluding tert-OH is 1. The molecule has 1 heterocycles. The monoisotopic (exact) mass is 477 g/mol. The Bertz CT molecular complexity index is 983. The van der Waals surface area contributed by atoms with Crippen molar-refractivity contribution in [3.8, 4) is 12.3 Å². The number of benzene rings is 1. The van der Waals surface area contributed by atoms with Gasteiger partial charge >= 0.3 is 0 Å². The minimum Gasteiger partial charge on any atom is -0.393 e. The van der Waals surface area contributed by atoms with Gasteiger partial charge in [0.15, 0.2) is 5.79 Å². The van der Waals surface area contributed by atoms with E-state index >= 15 is 0 Å². The lowest BCUT2D eigenvalue weighted by molar-refractivity contribution is -0.181. The second-order valence-corrected chi connectivity index (χ2v) is 11.9. The fourth-order valence-corrected chi connectivity index (χ4v) is 8.26. The van der Waals surface area contributed by atoms with Gasteiger partial charge in [-0.2, -0.15) is 0 Å². The molecule has 0 bridgehead atoms. The number of aliphatic hydroxyl groups is 1. The molecule has 0 aromatic heterocycles. The van der Waals surface area contributed by atoms with Crippen LogP contribution in [0.15, 0.2) is 35.4 Å². The van der Waals surface area contributed by atoms with E-state index in [1.165, 1.54) is 30.5 Å². The van der Waals surface area contributed by atoms with Crippen LogP contribution in [0.1, 0.15) is 76.7 Å². The lowest BCUT2D eigenvalue weighted by Gasteiger charge is -2.54. The first kappa shape index (κ1) is 24.9. The molecule has 4 heteroatoms. The largest absolute Gasteiger partial charge is 0.393 e. The van der Waals surface area contributed by atoms with Gasteiger partial charge in [0.1, 0.15) is 0 Å². The molecule has 1 aromatic rings. The van der Waals surface area contributed by atoms with Gasteiger partial charge < -0.3 is 19.5 Å². The van der Waals surface area contributed by atoms with Crippen molar-refractivity contribution in [2.45, 2.75) is 83.0 Å². The Morgan fingerprint density at radius 3 is 2.37 bits per heavy atom. The molecule has 1 N–H and O–H groups in total. The number of hydrogen-bond donors (Lipinski definition) is 1. The number of anilines is 1. The summed E-state index contributed by atoms with van der Waals surface area (Å²) < 4.78 is 12.3. The van der Waals surface area contributed by atoms with E-state index in [1.807, 2.05) is 0 Å². The number of terminal acetylenes is 1. The van der Waals surface area contributed by atoms with Gasteiger partial charge in [-0.25, -0.2) is 0 Å². The van der Waals surface area contributed by atoms with Crippen LogP contribution in [0.25, 0.3) is 0 Å². The molecule has 6 rings (SSSR count). The third-order valence-electron chi connectivity index (χ3n) is 9.91. The molecule has 4 fully saturated rings. The lowest BCUT2D eigenvalue weighted by Crippen LogP contribution is -2.47. The van der Waals surface area contributed by atoms with E-state index in [1.54, 1.807) is 18.1 Å². The molecule has 1 aliphatic heterocycles. The van der Waals surface area contributed by atoms with Crippen molar-refractivity contribution in [1.82, 2.24) is 0 Å². The number of ether oxygens (including phenoxy) is 2. The van der Waals surface area contributed by atoms with Gasteiger partial charge in [-0.05, 0) is 86.3 Å². The van der Waals surface area contributed by atoms with Crippen LogP contribution >= 0.6 is 0 Å². The van der Waals surface area contributed by atoms with Gasteiger partial charge in [-0.3, -0.25) is 0 Å². The van der Waals surface area contributed by atoms with Crippen LogP contribution in [0.2, 0.25) is 0 Å². The number of hydrogen-bond acceptors (Lipinski definition) is 4. The van der Waals surface area contributed by atoms with Crippen molar-refractivity contribution >= 4 is 5.69 Å². The van der Waals surface area contributed by atoms with Crippen LogP contribution < -0.4 is 4.90 Å². The van der Waals surface area contributed by atoms with Crippen molar-refractivity contribution in [3.63, 3.8) is 0 Å². The normalized spacial score (nSPS) is 37.0. The quantitative estimate of drug-likeness (QED) is 0.425. The van der Waals surface area contributed by atoms with Crippen molar-refractivity contribution < 1.29 is 14.6 Å². The van der Waals surface area contributed by atoms with Gasteiger partial charge in [0.25, 0.3) is 0 Å². The third kappa shape index (κ3) is 4.24. The minimum atomic E-state index is -0.308. The van der Waals surface area contributed by atoms with E-state index in [-0.39, 0.29) is 17.3 Å². The van der Waals surface area contributed by atoms with E-state index in [0.29, 0.717) is 23.7 Å². The summed E-state index contributed by atoms with van der Waals surface area (Å²) in [6.45, 7) is 5.54. The maximum Gasteiger partial charge on any atom is 0.169 e. The fraction of sp³-hybridized carbons (Fsp3) is 0.677. The molecule has 1 spiro atoms. The third-order valence-corrected chi connectivity index (χ3v) is 9.91. The number of allylic oxidation sites excluding steroid dienone is 2. The highest BCUT2D eigenvalue weighted by atomic mass is 16.7. The van der Waals surface area contributed by atoms with E-state index in [0.717, 1.165) is 45.3 Å². The zero-order valence-corrected chi connectivity index (χ0v) is 22.1. The fourth-order valence-electron chi connectivity index (χ4n) is 8.26. The summed E-state index contributed by atoms with van der Waals surface area (Å²) in [6, 6.07) is 9.25. The van der Waals surface area contributed by atoms with Crippen LogP contribution in [-0.4, -0.2) is 44.3 Å². The topological polar surface area (TPSA) is 41.9 Å². The summed E-state index contributed by atoms with van der Waals surface area (Å²) in [5.74, 6) is 4.25. The summed E-state index contributed by atoms with van der Waals surface area (Å²) >= 11 is 0. The van der Waals surface area contributed by atoms with Gasteiger partial charge in [0.2, 0.25) is 0 Å². The van der Waals surface area contributed by atoms with Gasteiger partial charge in [-0.1, -0.05) is 30.2 Å². The smallest absolute Gasteiger partial charge is 0.169 e. The zero-order valence-electron chi connectivity index (χ0n) is 22.1. The molecule has 1 aromatic carbocycles. The van der Waals surface area contributed by atoms with E-state index in [9.17, 15) is 5.11 Å². The van der Waals surface area contributed by atoms with E-state index in [4.69, 9.17) is 9.47 Å². The average Bonchev–Trinajstić information content (AvgIpc) is 3.42. The second kappa shape index (κ2) is 9.58. The second-order valence-electron chi connectivity index (χ2n) is 11.9. The lowest BCUT2D eigenvalue weighted by atomic mass is 9.52. The Hall–Kier alpha value is -1.80. The van der Waals surface area contributed by atoms with Crippen molar-refractivity contribution in [2.75, 3.05) is 32.2 Å². The zero-order chi connectivity index (χ0) is 24.8. The van der Waals surface area contributed by atoms with Gasteiger partial charge in [0.05, 0.1) is 19.3 Å². The van der Waals surface area contributed by atoms with Crippen LogP contribution in [0.4, 0.5) is 5.69 Å². The van der Waals surface area contributed by atoms with E-state index < -0.39 is 0 Å². The molecule has 3 saturated carbocycles. The van der Waals surface area contributed by atoms with Crippen LogP contribution in [0.3, 0.4) is 0 Å². The first-order valence-electron chi connectivity index (χ1n) is 13.7. The Labute approximate surface area is 212 Å². The Balaban J connectivity index is 0.000000806. The standard InChI is InChI=1S/C28H39NO3.C3H4/c1-27-17-23(18-4-7-20(8-5-18)29(2)3)26-21-12-13-28(31-14-15-32-28)16-19(21)6-9-22(26)24(27)10-11-25(27)30;1-3-2/h4-5,7-8,19,22-25,30H,6,9-17H2,1-3H3;1H,2H3. The molecule has 4 aliphatic carbocycles. The van der Waals surface area contributed by atoms with E-state index in [2.05, 4.69) is 62.5 Å². The highest BCUT2D eigenvalue weighted by Gasteiger charge is 2.57. The summed E-state index contributed by atoms with van der Waals surface area (Å²) in [7, 11) is 4.21. The molecule has 1 saturated heterocycles. The molecule has 4 nitrogen and oxygen atoms in total. The molecule has 6 atom stereocenters. The highest BCUT2D eigenvalue weighted by Crippen LogP contribution is 2.64. The average molecular weight is 478 g/mol. The predicted molar refractivity (Wildman–Crippen MR) is 141 cm³/mol. The molecule has 0 amide bonds. The van der Waals surface area contributed by atoms with Gasteiger partial charge in [-0.15, -0.1) is 12.3 Å². The van der Waals surface area contributed by atoms with Crippen LogP contribution in [-0.2, 0) is 9.47 Å². The Morgan fingerprint density at radius 2 is 1.71 bits per heavy atom. The SMILES string of the molecule is C#CC.CN(C)c1ccc(C2CC3(C)C(O)CCC3C3CCC4CC5(CCC4=C23)OCCO5)cc1. The van der Waals surface area contributed by atoms with Crippen molar-refractivity contribution in [3.05, 3.63) is 41.0 Å². The van der Waals surface area contributed by atoms with Crippen molar-refractivity contribution in [1.29, 1.82) is 0 Å². The number of rotatable bonds is 2. The van der Waals surface area contributed by atoms with Gasteiger partial charge in [0, 0.05) is 38.5 Å². The predicted octanol–water partition coefficient (Wildman–Crippen LogP) is 5.91. The van der Waals surface area contributed by atoms with Crippen molar-refractivity contribution in [2.24, 2.45) is 23.2 Å². The maximum absolute atomic E-state index is 11.1. The molecule has 5 aliphatic rings. The maximum atomic E-state index is 11.1. The Kier molecular flexibility index (Phi) is 6.81. The summed E-state index contributed by atoms with van der Waals surface area (Å²) in [4.78, 5) is 2.17.